The van der Waals surface area contributed by atoms with E-state index in [0.717, 1.165) is 0 Å². The van der Waals surface area contributed by atoms with E-state index in [-0.39, 0.29) is 25.3 Å². The molecule has 1 aliphatic heterocycles. The van der Waals surface area contributed by atoms with Crippen molar-refractivity contribution < 1.29 is 14.9 Å². The van der Waals surface area contributed by atoms with Crippen LogP contribution in [0.15, 0.2) is 25.0 Å². The molecule has 0 unspecified atom stereocenters. The quantitative estimate of drug-likeness (QED) is 0.527. The lowest BCUT2D eigenvalue weighted by atomic mass is 10.9. The highest BCUT2D eigenvalue weighted by Crippen LogP contribution is 1.89. The van der Waals surface area contributed by atoms with Gasteiger partial charge in [-0.25, -0.2) is 0 Å². The van der Waals surface area contributed by atoms with Crippen LogP contribution in [0.3, 0.4) is 0 Å². The first-order valence-electron chi connectivity index (χ1n) is 1.61. The number of hydrogen-bond acceptors (Lipinski definition) is 2. The predicted molar refractivity (Wildman–Crippen MR) is 38.0 cm³/mol. The van der Waals surface area contributed by atoms with Gasteiger partial charge in [0.25, 0.3) is 0 Å². The molecule has 0 atom stereocenters. The van der Waals surface area contributed by atoms with Gasteiger partial charge in [-0.1, -0.05) is 7.43 Å². The normalized spacial score (nSPS) is 10.7. The van der Waals surface area contributed by atoms with Gasteiger partial charge in [0.1, 0.15) is 25.0 Å². The molecule has 0 aromatic rings. The molecule has 0 radical (unpaired) electrons. The summed E-state index contributed by atoms with van der Waals surface area (Å²) in [4.78, 5) is 0. The summed E-state index contributed by atoms with van der Waals surface area (Å²) >= 11 is 0. The number of halogens is 1. The molecule has 0 bridgehead atoms. The van der Waals surface area contributed by atoms with Crippen LogP contribution in [0.25, 0.3) is 0 Å². The molecule has 0 aromatic carbocycles. The second-order valence-electron chi connectivity index (χ2n) is 0.816. The lowest BCUT2D eigenvalue weighted by molar-refractivity contribution is 0.290. The first-order chi connectivity index (χ1) is 3.00. The maximum absolute atomic E-state index is 4.58. The van der Waals surface area contributed by atoms with Crippen molar-refractivity contribution in [2.24, 2.45) is 0 Å². The van der Waals surface area contributed by atoms with E-state index in [4.69, 9.17) is 0 Å². The van der Waals surface area contributed by atoms with Gasteiger partial charge in [0.05, 0.1) is 0 Å². The average Bonchev–Trinajstić information content (AvgIpc) is 1.72. The molecule has 1 rings (SSSR count). The van der Waals surface area contributed by atoms with Crippen LogP contribution in [0.5, 0.6) is 0 Å². The van der Waals surface area contributed by atoms with E-state index in [1.54, 1.807) is 0 Å². The zero-order valence-electron chi connectivity index (χ0n) is 4.03. The third-order valence-electron chi connectivity index (χ3n) is 0.425. The first kappa shape index (κ1) is 15.8. The standard InChI is InChI=1S/C4H4O2.CH4.ClH.H2O/c1-2-6-4-3-5-1;;;/h1-4H;1H4;1H;1H2. The molecule has 0 fully saturated rings. The van der Waals surface area contributed by atoms with Crippen LogP contribution in [0.4, 0.5) is 0 Å². The van der Waals surface area contributed by atoms with Crippen molar-refractivity contribution in [3.05, 3.63) is 25.0 Å². The van der Waals surface area contributed by atoms with E-state index in [1.807, 2.05) is 0 Å². The molecular weight excluding hydrogens is 144 g/mol. The van der Waals surface area contributed by atoms with E-state index in [1.165, 1.54) is 25.0 Å². The van der Waals surface area contributed by atoms with Crippen molar-refractivity contribution in [1.29, 1.82) is 0 Å². The molecule has 1 aliphatic rings. The van der Waals surface area contributed by atoms with Crippen LogP contribution in [0.1, 0.15) is 7.43 Å². The summed E-state index contributed by atoms with van der Waals surface area (Å²) in [6.45, 7) is 0. The Labute approximate surface area is 60.7 Å². The Morgan fingerprint density at radius 3 is 1.11 bits per heavy atom. The molecule has 0 aromatic heterocycles. The molecule has 3 nitrogen and oxygen atoms in total. The topological polar surface area (TPSA) is 50.0 Å². The molecule has 0 aliphatic carbocycles. The SMILES string of the molecule is C.C1=COC=CO1.Cl.O. The lowest BCUT2D eigenvalue weighted by Crippen LogP contribution is -1.74. The van der Waals surface area contributed by atoms with Gasteiger partial charge in [0.2, 0.25) is 0 Å². The van der Waals surface area contributed by atoms with Gasteiger partial charge in [0.15, 0.2) is 0 Å². The van der Waals surface area contributed by atoms with Crippen molar-refractivity contribution in [1.82, 2.24) is 0 Å². The maximum Gasteiger partial charge on any atom is 0.125 e. The Kier molecular flexibility index (Phi) is 18.1. The second-order valence-corrected chi connectivity index (χ2v) is 0.816. The van der Waals surface area contributed by atoms with Gasteiger partial charge < -0.3 is 14.9 Å². The molecule has 2 N–H and O–H groups in total. The summed E-state index contributed by atoms with van der Waals surface area (Å²) in [6, 6.07) is 0. The van der Waals surface area contributed by atoms with Gasteiger partial charge in [0, 0.05) is 0 Å². The van der Waals surface area contributed by atoms with E-state index >= 15 is 0 Å². The van der Waals surface area contributed by atoms with E-state index < -0.39 is 0 Å². The Bertz CT molecular complexity index is 70.2. The van der Waals surface area contributed by atoms with Crippen molar-refractivity contribution in [2.75, 3.05) is 0 Å². The molecule has 0 spiro atoms. The minimum absolute atomic E-state index is 0. The van der Waals surface area contributed by atoms with Crippen LogP contribution < -0.4 is 0 Å². The summed E-state index contributed by atoms with van der Waals surface area (Å²) < 4.78 is 9.17. The molecule has 9 heavy (non-hydrogen) atoms. The second kappa shape index (κ2) is 10.3. The van der Waals surface area contributed by atoms with Gasteiger partial charge >= 0.3 is 0 Å². The molecule has 1 heterocycles. The van der Waals surface area contributed by atoms with Crippen LogP contribution in [-0.4, -0.2) is 5.48 Å². The smallest absolute Gasteiger partial charge is 0.125 e. The zero-order valence-corrected chi connectivity index (χ0v) is 4.85. The van der Waals surface area contributed by atoms with Crippen LogP contribution in [0.2, 0.25) is 0 Å². The molecule has 0 saturated heterocycles. The average molecular weight is 155 g/mol. The Balaban J connectivity index is -0.000000120. The number of hydrogen-bond donors (Lipinski definition) is 0. The fourth-order valence-corrected chi connectivity index (χ4v) is 0.219. The molecule has 4 heteroatoms. The zero-order chi connectivity index (χ0) is 4.24. The van der Waals surface area contributed by atoms with Gasteiger partial charge in [-0.2, -0.15) is 0 Å². The van der Waals surface area contributed by atoms with Crippen molar-refractivity contribution in [3.8, 4) is 0 Å². The van der Waals surface area contributed by atoms with Gasteiger partial charge in [-0.15, -0.1) is 12.4 Å². The largest absolute Gasteiger partial charge is 0.466 e. The maximum atomic E-state index is 4.58. The van der Waals surface area contributed by atoms with Crippen LogP contribution in [0, 0.1) is 0 Å². The fraction of sp³-hybridized carbons (Fsp3) is 0.200. The Hall–Kier alpha value is -0.670. The summed E-state index contributed by atoms with van der Waals surface area (Å²) in [7, 11) is 0. The highest BCUT2D eigenvalue weighted by molar-refractivity contribution is 5.85. The Morgan fingerprint density at radius 1 is 0.778 bits per heavy atom. The van der Waals surface area contributed by atoms with E-state index in [2.05, 4.69) is 9.47 Å². The fourth-order valence-electron chi connectivity index (χ4n) is 0.219. The third kappa shape index (κ3) is 7.33. The molecule has 56 valence electrons. The number of rotatable bonds is 0. The Morgan fingerprint density at radius 2 is 1.00 bits per heavy atom. The molecule has 0 amide bonds. The summed E-state index contributed by atoms with van der Waals surface area (Å²) in [5.41, 5.74) is 0. The monoisotopic (exact) mass is 154 g/mol. The van der Waals surface area contributed by atoms with Crippen molar-refractivity contribution in [2.45, 2.75) is 7.43 Å². The van der Waals surface area contributed by atoms with Crippen molar-refractivity contribution in [3.63, 3.8) is 0 Å². The number of ether oxygens (including phenoxy) is 2. The summed E-state index contributed by atoms with van der Waals surface area (Å²) in [5, 5.41) is 0. The third-order valence-corrected chi connectivity index (χ3v) is 0.425. The first-order valence-corrected chi connectivity index (χ1v) is 1.61. The van der Waals surface area contributed by atoms with E-state index in [9.17, 15) is 0 Å². The summed E-state index contributed by atoms with van der Waals surface area (Å²) in [6.07, 6.45) is 5.83. The van der Waals surface area contributed by atoms with E-state index in [0.29, 0.717) is 0 Å². The summed E-state index contributed by atoms with van der Waals surface area (Å²) in [5.74, 6) is 0. The van der Waals surface area contributed by atoms with Gasteiger partial charge in [-0.3, -0.25) is 0 Å². The van der Waals surface area contributed by atoms with Crippen LogP contribution in [-0.2, 0) is 9.47 Å². The minimum atomic E-state index is 0. The van der Waals surface area contributed by atoms with Gasteiger partial charge in [-0.05, 0) is 0 Å². The van der Waals surface area contributed by atoms with Crippen LogP contribution >= 0.6 is 12.4 Å². The predicted octanol–water partition coefficient (Wildman–Crippen LogP) is 1.21. The molecular formula is C5H11ClO3. The highest BCUT2D eigenvalue weighted by Gasteiger charge is 1.74. The molecule has 0 saturated carbocycles. The highest BCUT2D eigenvalue weighted by atomic mass is 35.5. The lowest BCUT2D eigenvalue weighted by Gasteiger charge is -1.94. The van der Waals surface area contributed by atoms with Crippen molar-refractivity contribution >= 4 is 12.4 Å². The minimum Gasteiger partial charge on any atom is -0.466 e.